The minimum atomic E-state index is -0.0103. The van der Waals surface area contributed by atoms with E-state index in [1.54, 1.807) is 6.20 Å². The number of fused-ring (bicyclic) bond motifs is 1. The molecule has 0 spiro atoms. The number of nitrogen functional groups attached to an aromatic ring is 1. The summed E-state index contributed by atoms with van der Waals surface area (Å²) in [4.78, 5) is 30.6. The monoisotopic (exact) mass is 543 g/mol. The predicted octanol–water partition coefficient (Wildman–Crippen LogP) is 5.34. The first kappa shape index (κ1) is 26.4. The number of aromatic nitrogens is 4. The zero-order valence-electron chi connectivity index (χ0n) is 23.1. The van der Waals surface area contributed by atoms with Crippen LogP contribution >= 0.6 is 0 Å². The van der Waals surface area contributed by atoms with Crippen molar-refractivity contribution in [1.29, 1.82) is 0 Å². The maximum absolute atomic E-state index is 12.0. The largest absolute Gasteiger partial charge is 0.383 e. The first-order valence-corrected chi connectivity index (χ1v) is 13.9. The number of anilines is 1. The van der Waals surface area contributed by atoms with Gasteiger partial charge in [-0.3, -0.25) is 14.3 Å². The Bertz CT molecular complexity index is 1690. The van der Waals surface area contributed by atoms with Crippen molar-refractivity contribution in [2.24, 2.45) is 0 Å². The molecule has 206 valence electrons. The molecule has 4 heterocycles. The van der Waals surface area contributed by atoms with E-state index < -0.39 is 0 Å². The van der Waals surface area contributed by atoms with Gasteiger partial charge in [0.1, 0.15) is 11.3 Å². The molecule has 8 heteroatoms. The molecular weight excluding hydrogens is 510 g/mol. The molecule has 0 radical (unpaired) electrons. The van der Waals surface area contributed by atoms with Gasteiger partial charge in [0.2, 0.25) is 5.91 Å². The fraction of sp³-hybridized carbons (Fsp3) is 0.212. The molecule has 0 aliphatic carbocycles. The SMILES string of the molecule is C=CC(=O)N(C)C1CCN(Cc2ccc(-n3c(-c4cccnc4N)nc4ccc(-c5ccccc5)nc43)cc2)CC1. The summed E-state index contributed by atoms with van der Waals surface area (Å²) in [6, 6.07) is 26.8. The molecule has 6 rings (SSSR count). The third-order valence-electron chi connectivity index (χ3n) is 7.88. The Balaban J connectivity index is 1.30. The quantitative estimate of drug-likeness (QED) is 0.279. The highest BCUT2D eigenvalue weighted by molar-refractivity contribution is 5.87. The van der Waals surface area contributed by atoms with Crippen LogP contribution in [-0.4, -0.2) is 61.4 Å². The van der Waals surface area contributed by atoms with Crippen LogP contribution in [0.2, 0.25) is 0 Å². The van der Waals surface area contributed by atoms with Gasteiger partial charge in [0.15, 0.2) is 11.5 Å². The van der Waals surface area contributed by atoms with Crippen LogP contribution in [0.15, 0.2) is 97.7 Å². The van der Waals surface area contributed by atoms with Crippen molar-refractivity contribution in [2.75, 3.05) is 25.9 Å². The van der Waals surface area contributed by atoms with Gasteiger partial charge in [-0.2, -0.15) is 0 Å². The van der Waals surface area contributed by atoms with Crippen LogP contribution in [0, 0.1) is 0 Å². The van der Waals surface area contributed by atoms with Gasteiger partial charge in [-0.05, 0) is 60.9 Å². The molecule has 1 amide bonds. The van der Waals surface area contributed by atoms with Crippen LogP contribution < -0.4 is 5.73 Å². The zero-order valence-corrected chi connectivity index (χ0v) is 23.1. The fourth-order valence-corrected chi connectivity index (χ4v) is 5.56. The van der Waals surface area contributed by atoms with Gasteiger partial charge in [-0.15, -0.1) is 0 Å². The Morgan fingerprint density at radius 3 is 2.46 bits per heavy atom. The summed E-state index contributed by atoms with van der Waals surface area (Å²) < 4.78 is 2.07. The summed E-state index contributed by atoms with van der Waals surface area (Å²) in [5, 5.41) is 0. The van der Waals surface area contributed by atoms with Crippen molar-refractivity contribution < 1.29 is 4.79 Å². The van der Waals surface area contributed by atoms with E-state index in [4.69, 9.17) is 15.7 Å². The Hall–Kier alpha value is -4.82. The van der Waals surface area contributed by atoms with Crippen molar-refractivity contribution in [2.45, 2.75) is 25.4 Å². The molecule has 41 heavy (non-hydrogen) atoms. The number of likely N-dealkylation sites (N-methyl/N-ethyl adjacent to an activating group) is 1. The highest BCUT2D eigenvalue weighted by atomic mass is 16.2. The van der Waals surface area contributed by atoms with Gasteiger partial charge in [0.25, 0.3) is 0 Å². The van der Waals surface area contributed by atoms with Crippen molar-refractivity contribution in [3.63, 3.8) is 0 Å². The number of pyridine rings is 2. The molecule has 2 aromatic carbocycles. The van der Waals surface area contributed by atoms with E-state index in [0.717, 1.165) is 66.1 Å². The van der Waals surface area contributed by atoms with Gasteiger partial charge in [-0.1, -0.05) is 49.0 Å². The molecule has 8 nitrogen and oxygen atoms in total. The lowest BCUT2D eigenvalue weighted by molar-refractivity contribution is -0.127. The number of piperidine rings is 1. The molecular formula is C33H33N7O. The highest BCUT2D eigenvalue weighted by Crippen LogP contribution is 2.32. The van der Waals surface area contributed by atoms with E-state index in [0.29, 0.717) is 11.6 Å². The second kappa shape index (κ2) is 11.3. The van der Waals surface area contributed by atoms with Crippen LogP contribution in [0.5, 0.6) is 0 Å². The zero-order chi connectivity index (χ0) is 28.3. The average Bonchev–Trinajstić information content (AvgIpc) is 3.40. The lowest BCUT2D eigenvalue weighted by atomic mass is 10.0. The van der Waals surface area contributed by atoms with E-state index in [1.165, 1.54) is 11.6 Å². The maximum atomic E-state index is 12.0. The first-order valence-electron chi connectivity index (χ1n) is 13.9. The van der Waals surface area contributed by atoms with Crippen LogP contribution in [0.25, 0.3) is 39.5 Å². The Kier molecular flexibility index (Phi) is 7.31. The number of hydrogen-bond acceptors (Lipinski definition) is 6. The van der Waals surface area contributed by atoms with Gasteiger partial charge in [0, 0.05) is 50.2 Å². The van der Waals surface area contributed by atoms with Crippen molar-refractivity contribution in [1.82, 2.24) is 29.3 Å². The second-order valence-electron chi connectivity index (χ2n) is 10.4. The summed E-state index contributed by atoms with van der Waals surface area (Å²) in [6.07, 6.45) is 5.00. The molecule has 0 saturated carbocycles. The van der Waals surface area contributed by atoms with E-state index >= 15 is 0 Å². The number of carbonyl (C=O) groups is 1. The lowest BCUT2D eigenvalue weighted by Gasteiger charge is -2.36. The molecule has 0 atom stereocenters. The van der Waals surface area contributed by atoms with Crippen molar-refractivity contribution >= 4 is 22.9 Å². The fourth-order valence-electron chi connectivity index (χ4n) is 5.56. The number of nitrogens with two attached hydrogens (primary N) is 1. The molecule has 1 saturated heterocycles. The average molecular weight is 544 g/mol. The molecule has 2 N–H and O–H groups in total. The Morgan fingerprint density at radius 2 is 1.76 bits per heavy atom. The molecule has 3 aromatic heterocycles. The summed E-state index contributed by atoms with van der Waals surface area (Å²) in [5.74, 6) is 1.12. The number of benzene rings is 2. The van der Waals surface area contributed by atoms with Crippen LogP contribution in [0.4, 0.5) is 5.82 Å². The smallest absolute Gasteiger partial charge is 0.245 e. The number of rotatable bonds is 7. The number of hydrogen-bond donors (Lipinski definition) is 1. The summed E-state index contributed by atoms with van der Waals surface area (Å²) >= 11 is 0. The van der Waals surface area contributed by atoms with Crippen molar-refractivity contribution in [3.8, 4) is 28.3 Å². The van der Waals surface area contributed by atoms with Gasteiger partial charge >= 0.3 is 0 Å². The number of likely N-dealkylation sites (tertiary alicyclic amines) is 1. The van der Waals surface area contributed by atoms with Gasteiger partial charge in [-0.25, -0.2) is 15.0 Å². The Morgan fingerprint density at radius 1 is 1.00 bits per heavy atom. The topological polar surface area (TPSA) is 93.2 Å². The molecule has 1 fully saturated rings. The number of carbonyl (C=O) groups excluding carboxylic acids is 1. The molecule has 0 bridgehead atoms. The molecule has 1 aliphatic rings. The lowest BCUT2D eigenvalue weighted by Crippen LogP contribution is -2.44. The summed E-state index contributed by atoms with van der Waals surface area (Å²) in [6.45, 7) is 6.37. The number of imidazole rings is 1. The van der Waals surface area contributed by atoms with Gasteiger partial charge in [0.05, 0.1) is 11.3 Å². The van der Waals surface area contributed by atoms with E-state index in [2.05, 4.69) is 57.4 Å². The van der Waals surface area contributed by atoms with E-state index in [9.17, 15) is 4.79 Å². The summed E-state index contributed by atoms with van der Waals surface area (Å²) in [7, 11) is 1.87. The molecule has 0 unspecified atom stereocenters. The third kappa shape index (κ3) is 5.34. The third-order valence-corrected chi connectivity index (χ3v) is 7.88. The summed E-state index contributed by atoms with van der Waals surface area (Å²) in [5.41, 5.74) is 12.7. The minimum absolute atomic E-state index is 0.0103. The predicted molar refractivity (Wildman–Crippen MR) is 163 cm³/mol. The van der Waals surface area contributed by atoms with Crippen LogP contribution in [0.1, 0.15) is 18.4 Å². The van der Waals surface area contributed by atoms with E-state index in [1.807, 2.05) is 54.4 Å². The molecule has 1 aliphatic heterocycles. The minimum Gasteiger partial charge on any atom is -0.383 e. The molecule has 5 aromatic rings. The standard InChI is InChI=1S/C33H33N7O/c1-3-30(41)38(2)25-17-20-39(21-18-25)22-23-11-13-26(14-12-23)40-32(27-10-7-19-35-31(27)34)37-29-16-15-28(36-33(29)40)24-8-5-4-6-9-24/h3-16,19,25H,1,17-18,20-22H2,2H3,(H2,34,35). The van der Waals surface area contributed by atoms with Crippen LogP contribution in [0.3, 0.4) is 0 Å². The Labute approximate surface area is 239 Å². The van der Waals surface area contributed by atoms with Gasteiger partial charge < -0.3 is 10.6 Å². The highest BCUT2D eigenvalue weighted by Gasteiger charge is 2.24. The van der Waals surface area contributed by atoms with E-state index in [-0.39, 0.29) is 11.9 Å². The second-order valence-corrected chi connectivity index (χ2v) is 10.4. The number of nitrogens with zero attached hydrogens (tertiary/aromatic N) is 6. The number of amides is 1. The normalized spacial score (nSPS) is 14.3. The first-order chi connectivity index (χ1) is 20.0. The van der Waals surface area contributed by atoms with Crippen LogP contribution in [-0.2, 0) is 11.3 Å². The maximum Gasteiger partial charge on any atom is 0.245 e. The van der Waals surface area contributed by atoms with Crippen molar-refractivity contribution in [3.05, 3.63) is 103 Å².